The van der Waals surface area contributed by atoms with Gasteiger partial charge in [0.1, 0.15) is 0 Å². The van der Waals surface area contributed by atoms with Crippen LogP contribution in [0.15, 0.2) is 0 Å². The average Bonchev–Trinajstić information content (AvgIpc) is 2.14. The van der Waals surface area contributed by atoms with Crippen LogP contribution in [0.1, 0.15) is 0 Å². The van der Waals surface area contributed by atoms with Gasteiger partial charge in [-0.15, -0.1) is 11.8 Å². The molecule has 0 radical (unpaired) electrons. The first-order chi connectivity index (χ1) is 3.43. The van der Waals surface area contributed by atoms with Crippen LogP contribution in [0.25, 0.3) is 0 Å². The SMILES string of the molecule is N=CN1CCSC1. The molecule has 0 aromatic heterocycles. The summed E-state index contributed by atoms with van der Waals surface area (Å²) < 4.78 is 0. The quantitative estimate of drug-likeness (QED) is 0.401. The van der Waals surface area contributed by atoms with Crippen molar-refractivity contribution in [2.45, 2.75) is 0 Å². The normalized spacial score (nSPS) is 20.3. The number of nitrogens with one attached hydrogen (secondary N) is 1. The molecule has 0 unspecified atom stereocenters. The van der Waals surface area contributed by atoms with Crippen LogP contribution in [0.2, 0.25) is 0 Å². The molecule has 0 bridgehead atoms. The summed E-state index contributed by atoms with van der Waals surface area (Å²) in [5.41, 5.74) is 0. The van der Waals surface area contributed by atoms with E-state index in [0.29, 0.717) is 0 Å². The van der Waals surface area contributed by atoms with E-state index in [2.05, 4.69) is 0 Å². The molecule has 2 nitrogen and oxygen atoms in total. The van der Waals surface area contributed by atoms with Crippen molar-refractivity contribution >= 4 is 18.1 Å². The Hall–Kier alpha value is -0.180. The van der Waals surface area contributed by atoms with Crippen molar-refractivity contribution in [2.24, 2.45) is 0 Å². The van der Waals surface area contributed by atoms with E-state index in [9.17, 15) is 0 Å². The minimum atomic E-state index is 1.02. The number of thioether (sulfide) groups is 1. The van der Waals surface area contributed by atoms with Crippen molar-refractivity contribution < 1.29 is 0 Å². The van der Waals surface area contributed by atoms with E-state index in [0.717, 1.165) is 12.4 Å². The summed E-state index contributed by atoms with van der Waals surface area (Å²) in [5, 5.41) is 6.79. The van der Waals surface area contributed by atoms with Crippen molar-refractivity contribution in [1.29, 1.82) is 5.41 Å². The van der Waals surface area contributed by atoms with Crippen LogP contribution in [0, 0.1) is 5.41 Å². The van der Waals surface area contributed by atoms with Gasteiger partial charge in [0.15, 0.2) is 0 Å². The average molecular weight is 116 g/mol. The summed E-state index contributed by atoms with van der Waals surface area (Å²) in [6.45, 7) is 1.06. The third-order valence-electron chi connectivity index (χ3n) is 0.963. The fourth-order valence-electron chi connectivity index (χ4n) is 0.530. The number of nitrogens with zero attached hydrogens (tertiary/aromatic N) is 1. The van der Waals surface area contributed by atoms with Crippen LogP contribution in [0.5, 0.6) is 0 Å². The molecule has 1 aliphatic rings. The van der Waals surface area contributed by atoms with E-state index in [1.165, 1.54) is 12.1 Å². The maximum atomic E-state index is 6.79. The molecule has 0 atom stereocenters. The zero-order chi connectivity index (χ0) is 5.11. The van der Waals surface area contributed by atoms with Crippen LogP contribution in [0.4, 0.5) is 0 Å². The number of hydrogen-bond donors (Lipinski definition) is 1. The van der Waals surface area contributed by atoms with Crippen molar-refractivity contribution in [1.82, 2.24) is 4.90 Å². The van der Waals surface area contributed by atoms with Crippen LogP contribution in [-0.2, 0) is 0 Å². The predicted molar refractivity (Wildman–Crippen MR) is 32.8 cm³/mol. The minimum Gasteiger partial charge on any atom is -0.353 e. The van der Waals surface area contributed by atoms with Crippen LogP contribution < -0.4 is 0 Å². The fraction of sp³-hybridized carbons (Fsp3) is 0.750. The molecule has 1 heterocycles. The maximum absolute atomic E-state index is 6.79. The number of hydrogen-bond acceptors (Lipinski definition) is 2. The molecule has 1 N–H and O–H groups in total. The van der Waals surface area contributed by atoms with Gasteiger partial charge in [0.05, 0.1) is 12.2 Å². The Morgan fingerprint density at radius 2 is 2.57 bits per heavy atom. The maximum Gasteiger partial charge on any atom is 0.0824 e. The van der Waals surface area contributed by atoms with E-state index in [1.807, 2.05) is 16.7 Å². The Kier molecular flexibility index (Phi) is 1.57. The molecule has 40 valence electrons. The van der Waals surface area contributed by atoms with Crippen LogP contribution >= 0.6 is 11.8 Å². The topological polar surface area (TPSA) is 27.1 Å². The van der Waals surface area contributed by atoms with Crippen LogP contribution in [-0.4, -0.2) is 29.4 Å². The van der Waals surface area contributed by atoms with E-state index < -0.39 is 0 Å². The summed E-state index contributed by atoms with van der Waals surface area (Å²) in [5.74, 6) is 2.21. The summed E-state index contributed by atoms with van der Waals surface area (Å²) in [6.07, 6.45) is 1.40. The Morgan fingerprint density at radius 1 is 1.71 bits per heavy atom. The van der Waals surface area contributed by atoms with Gasteiger partial charge in [-0.05, 0) is 0 Å². The molecular formula is C4H8N2S. The van der Waals surface area contributed by atoms with E-state index >= 15 is 0 Å². The smallest absolute Gasteiger partial charge is 0.0824 e. The highest BCUT2D eigenvalue weighted by Crippen LogP contribution is 2.09. The monoisotopic (exact) mass is 116 g/mol. The molecule has 1 rings (SSSR count). The van der Waals surface area contributed by atoms with Crippen LogP contribution in [0.3, 0.4) is 0 Å². The molecule has 7 heavy (non-hydrogen) atoms. The minimum absolute atomic E-state index is 1.02. The molecular weight excluding hydrogens is 108 g/mol. The van der Waals surface area contributed by atoms with Crippen molar-refractivity contribution in [3.63, 3.8) is 0 Å². The van der Waals surface area contributed by atoms with E-state index in [4.69, 9.17) is 5.41 Å². The second-order valence-electron chi connectivity index (χ2n) is 1.48. The van der Waals surface area contributed by atoms with Gasteiger partial charge in [0, 0.05) is 12.3 Å². The molecule has 1 saturated heterocycles. The lowest BCUT2D eigenvalue weighted by Crippen LogP contribution is -2.15. The molecule has 1 aliphatic heterocycles. The predicted octanol–water partition coefficient (Wildman–Crippen LogP) is 0.600. The van der Waals surface area contributed by atoms with Gasteiger partial charge < -0.3 is 4.90 Å². The fourth-order valence-corrected chi connectivity index (χ4v) is 1.46. The Labute approximate surface area is 47.4 Å². The third-order valence-corrected chi connectivity index (χ3v) is 1.95. The van der Waals surface area contributed by atoms with Crippen molar-refractivity contribution in [3.8, 4) is 0 Å². The third kappa shape index (κ3) is 1.09. The summed E-state index contributed by atoms with van der Waals surface area (Å²) >= 11 is 1.88. The molecule has 1 fully saturated rings. The largest absolute Gasteiger partial charge is 0.353 e. The lowest BCUT2D eigenvalue weighted by molar-refractivity contribution is 0.557. The first-order valence-corrected chi connectivity index (χ1v) is 3.41. The highest BCUT2D eigenvalue weighted by atomic mass is 32.2. The molecule has 0 aromatic rings. The van der Waals surface area contributed by atoms with Gasteiger partial charge in [-0.3, -0.25) is 5.41 Å². The summed E-state index contributed by atoms with van der Waals surface area (Å²) in [7, 11) is 0. The second kappa shape index (κ2) is 2.21. The molecule has 0 aliphatic carbocycles. The second-order valence-corrected chi connectivity index (χ2v) is 2.55. The molecule has 0 aromatic carbocycles. The Morgan fingerprint density at radius 3 is 2.86 bits per heavy atom. The summed E-state index contributed by atoms with van der Waals surface area (Å²) in [6, 6.07) is 0. The zero-order valence-corrected chi connectivity index (χ0v) is 4.87. The molecule has 0 spiro atoms. The highest BCUT2D eigenvalue weighted by molar-refractivity contribution is 7.99. The first kappa shape index (κ1) is 4.97. The molecule has 0 saturated carbocycles. The lowest BCUT2D eigenvalue weighted by Gasteiger charge is -2.04. The molecule has 3 heteroatoms. The Balaban J connectivity index is 2.26. The van der Waals surface area contributed by atoms with Gasteiger partial charge in [-0.25, -0.2) is 0 Å². The highest BCUT2D eigenvalue weighted by Gasteiger charge is 2.05. The van der Waals surface area contributed by atoms with Crippen molar-refractivity contribution in [2.75, 3.05) is 18.2 Å². The van der Waals surface area contributed by atoms with Gasteiger partial charge >= 0.3 is 0 Å². The zero-order valence-electron chi connectivity index (χ0n) is 4.05. The first-order valence-electron chi connectivity index (χ1n) is 2.26. The number of rotatable bonds is 1. The van der Waals surface area contributed by atoms with Gasteiger partial charge in [-0.1, -0.05) is 0 Å². The molecule has 0 amide bonds. The van der Waals surface area contributed by atoms with Gasteiger partial charge in [-0.2, -0.15) is 0 Å². The van der Waals surface area contributed by atoms with Gasteiger partial charge in [0.25, 0.3) is 0 Å². The standard InChI is InChI=1S/C4H8N2S/c5-3-6-1-2-7-4-6/h3,5H,1-2,4H2. The van der Waals surface area contributed by atoms with E-state index in [-0.39, 0.29) is 0 Å². The summed E-state index contributed by atoms with van der Waals surface area (Å²) in [4.78, 5) is 1.99. The van der Waals surface area contributed by atoms with Crippen molar-refractivity contribution in [3.05, 3.63) is 0 Å². The Bertz CT molecular complexity index is 68.1. The van der Waals surface area contributed by atoms with Gasteiger partial charge in [0.2, 0.25) is 0 Å². The lowest BCUT2D eigenvalue weighted by atomic mass is 10.7. The van der Waals surface area contributed by atoms with E-state index in [1.54, 1.807) is 0 Å².